The highest BCUT2D eigenvalue weighted by Gasteiger charge is 2.34. The van der Waals surface area contributed by atoms with Gasteiger partial charge in [0.2, 0.25) is 0 Å². The first-order chi connectivity index (χ1) is 8.15. The fourth-order valence-electron chi connectivity index (χ4n) is 2.11. The molecule has 0 spiro atoms. The van der Waals surface area contributed by atoms with Gasteiger partial charge in [-0.2, -0.15) is 0 Å². The van der Waals surface area contributed by atoms with Crippen molar-refractivity contribution in [2.75, 3.05) is 13.2 Å². The second-order valence-corrected chi connectivity index (χ2v) is 4.79. The smallest absolute Gasteiger partial charge is 0.160 e. The van der Waals surface area contributed by atoms with Crippen LogP contribution < -0.4 is 5.32 Å². The second-order valence-electron chi connectivity index (χ2n) is 4.79. The van der Waals surface area contributed by atoms with E-state index in [0.717, 1.165) is 49.6 Å². The standard InChI is InChI=1S/C13H21N3O/c1-4-14-9-11-10(2)8-15-12(16-11)13(3)6-5-7-17-13/h8,14H,4-7,9H2,1-3H3. The van der Waals surface area contributed by atoms with Crippen LogP contribution in [0.25, 0.3) is 0 Å². The van der Waals surface area contributed by atoms with Crippen molar-refractivity contribution >= 4 is 0 Å². The summed E-state index contributed by atoms with van der Waals surface area (Å²) in [6, 6.07) is 0. The Morgan fingerprint density at radius 2 is 2.35 bits per heavy atom. The van der Waals surface area contributed by atoms with E-state index in [1.54, 1.807) is 0 Å². The lowest BCUT2D eigenvalue weighted by molar-refractivity contribution is 0.00910. The minimum Gasteiger partial charge on any atom is -0.367 e. The lowest BCUT2D eigenvalue weighted by Crippen LogP contribution is -2.25. The lowest BCUT2D eigenvalue weighted by Gasteiger charge is -2.22. The van der Waals surface area contributed by atoms with Crippen LogP contribution in [0.15, 0.2) is 6.20 Å². The first-order valence-corrected chi connectivity index (χ1v) is 6.33. The summed E-state index contributed by atoms with van der Waals surface area (Å²) in [6.07, 6.45) is 4.01. The maximum atomic E-state index is 5.78. The zero-order valence-corrected chi connectivity index (χ0v) is 10.9. The van der Waals surface area contributed by atoms with Crippen molar-refractivity contribution in [1.29, 1.82) is 0 Å². The molecule has 17 heavy (non-hydrogen) atoms. The highest BCUT2D eigenvalue weighted by atomic mass is 16.5. The molecule has 2 rings (SSSR count). The molecule has 0 bridgehead atoms. The third-order valence-electron chi connectivity index (χ3n) is 3.31. The predicted molar refractivity (Wildman–Crippen MR) is 66.7 cm³/mol. The molecule has 94 valence electrons. The summed E-state index contributed by atoms with van der Waals surface area (Å²) in [5, 5.41) is 3.30. The summed E-state index contributed by atoms with van der Waals surface area (Å²) in [7, 11) is 0. The van der Waals surface area contributed by atoms with Crippen molar-refractivity contribution in [3.63, 3.8) is 0 Å². The van der Waals surface area contributed by atoms with E-state index in [0.29, 0.717) is 0 Å². The zero-order chi connectivity index (χ0) is 12.3. The van der Waals surface area contributed by atoms with Gasteiger partial charge in [0.05, 0.1) is 5.69 Å². The van der Waals surface area contributed by atoms with Crippen LogP contribution in [-0.2, 0) is 16.9 Å². The first kappa shape index (κ1) is 12.5. The molecule has 0 aliphatic carbocycles. The van der Waals surface area contributed by atoms with E-state index < -0.39 is 0 Å². The normalized spacial score (nSPS) is 24.2. The third kappa shape index (κ3) is 2.64. The van der Waals surface area contributed by atoms with Gasteiger partial charge >= 0.3 is 0 Å². The van der Waals surface area contributed by atoms with Gasteiger partial charge in [-0.1, -0.05) is 6.92 Å². The quantitative estimate of drug-likeness (QED) is 0.866. The monoisotopic (exact) mass is 235 g/mol. The third-order valence-corrected chi connectivity index (χ3v) is 3.31. The summed E-state index contributed by atoms with van der Waals surface area (Å²) in [4.78, 5) is 9.10. The molecule has 4 heteroatoms. The van der Waals surface area contributed by atoms with Gasteiger partial charge in [0.15, 0.2) is 5.82 Å². The number of ether oxygens (including phenoxy) is 1. The molecule has 1 aliphatic rings. The van der Waals surface area contributed by atoms with E-state index in [9.17, 15) is 0 Å². The molecule has 0 saturated carbocycles. The van der Waals surface area contributed by atoms with Crippen molar-refractivity contribution in [2.45, 2.75) is 45.8 Å². The minimum atomic E-state index is -0.283. The lowest BCUT2D eigenvalue weighted by atomic mass is 10.0. The summed E-state index contributed by atoms with van der Waals surface area (Å²) in [5.41, 5.74) is 1.93. The zero-order valence-electron chi connectivity index (χ0n) is 10.9. The van der Waals surface area contributed by atoms with Gasteiger partial charge in [0, 0.05) is 19.3 Å². The van der Waals surface area contributed by atoms with Crippen LogP contribution in [0.4, 0.5) is 0 Å². The van der Waals surface area contributed by atoms with E-state index in [1.165, 1.54) is 0 Å². The molecule has 0 radical (unpaired) electrons. The fraction of sp³-hybridized carbons (Fsp3) is 0.692. The number of aryl methyl sites for hydroxylation is 1. The van der Waals surface area contributed by atoms with Crippen LogP contribution in [0, 0.1) is 6.92 Å². The maximum absolute atomic E-state index is 5.78. The minimum absolute atomic E-state index is 0.283. The molecule has 1 N–H and O–H groups in total. The number of aromatic nitrogens is 2. The Morgan fingerprint density at radius 1 is 1.53 bits per heavy atom. The van der Waals surface area contributed by atoms with Crippen molar-refractivity contribution in [3.05, 3.63) is 23.3 Å². The summed E-state index contributed by atoms with van der Waals surface area (Å²) < 4.78 is 5.78. The Bertz CT molecular complexity index is 386. The van der Waals surface area contributed by atoms with E-state index in [2.05, 4.69) is 29.1 Å². The molecule has 1 aromatic heterocycles. The van der Waals surface area contributed by atoms with Crippen molar-refractivity contribution in [3.8, 4) is 0 Å². The molecule has 1 fully saturated rings. The Hall–Kier alpha value is -1.00. The van der Waals surface area contributed by atoms with Gasteiger partial charge in [-0.05, 0) is 38.8 Å². The van der Waals surface area contributed by atoms with Crippen LogP contribution >= 0.6 is 0 Å². The number of rotatable bonds is 4. The average molecular weight is 235 g/mol. The van der Waals surface area contributed by atoms with Gasteiger partial charge in [0.1, 0.15) is 5.60 Å². The summed E-state index contributed by atoms with van der Waals surface area (Å²) in [5.74, 6) is 0.827. The molecule has 1 atom stereocenters. The summed E-state index contributed by atoms with van der Waals surface area (Å²) >= 11 is 0. The van der Waals surface area contributed by atoms with Crippen molar-refractivity contribution < 1.29 is 4.74 Å². The molecular weight excluding hydrogens is 214 g/mol. The van der Waals surface area contributed by atoms with Gasteiger partial charge in [-0.15, -0.1) is 0 Å². The van der Waals surface area contributed by atoms with Crippen LogP contribution in [-0.4, -0.2) is 23.1 Å². The molecule has 1 saturated heterocycles. The van der Waals surface area contributed by atoms with Crippen molar-refractivity contribution in [1.82, 2.24) is 15.3 Å². The number of nitrogens with zero attached hydrogens (tertiary/aromatic N) is 2. The molecule has 2 heterocycles. The van der Waals surface area contributed by atoms with Gasteiger partial charge in [-0.25, -0.2) is 9.97 Å². The van der Waals surface area contributed by atoms with Crippen LogP contribution in [0.5, 0.6) is 0 Å². The largest absolute Gasteiger partial charge is 0.367 e. The predicted octanol–water partition coefficient (Wildman–Crippen LogP) is 1.92. The van der Waals surface area contributed by atoms with E-state index in [1.807, 2.05) is 13.1 Å². The number of hydrogen-bond donors (Lipinski definition) is 1. The highest BCUT2D eigenvalue weighted by molar-refractivity contribution is 5.18. The van der Waals surface area contributed by atoms with Crippen LogP contribution in [0.2, 0.25) is 0 Å². The number of nitrogens with one attached hydrogen (secondary N) is 1. The van der Waals surface area contributed by atoms with Crippen molar-refractivity contribution in [2.24, 2.45) is 0 Å². The molecule has 1 unspecified atom stereocenters. The second kappa shape index (κ2) is 5.10. The van der Waals surface area contributed by atoms with Crippen LogP contribution in [0.1, 0.15) is 43.8 Å². The Morgan fingerprint density at radius 3 is 3.00 bits per heavy atom. The summed E-state index contributed by atoms with van der Waals surface area (Å²) in [6.45, 7) is 8.80. The first-order valence-electron chi connectivity index (χ1n) is 6.33. The fourth-order valence-corrected chi connectivity index (χ4v) is 2.11. The Kier molecular flexibility index (Phi) is 3.74. The molecular formula is C13H21N3O. The van der Waals surface area contributed by atoms with Crippen LogP contribution in [0.3, 0.4) is 0 Å². The maximum Gasteiger partial charge on any atom is 0.160 e. The SMILES string of the molecule is CCNCc1nc(C2(C)CCCO2)ncc1C. The topological polar surface area (TPSA) is 47.0 Å². The highest BCUT2D eigenvalue weighted by Crippen LogP contribution is 2.33. The van der Waals surface area contributed by atoms with E-state index in [-0.39, 0.29) is 5.60 Å². The van der Waals surface area contributed by atoms with E-state index in [4.69, 9.17) is 4.74 Å². The van der Waals surface area contributed by atoms with E-state index >= 15 is 0 Å². The molecule has 4 nitrogen and oxygen atoms in total. The molecule has 0 aromatic carbocycles. The van der Waals surface area contributed by atoms with Gasteiger partial charge < -0.3 is 10.1 Å². The average Bonchev–Trinajstić information content (AvgIpc) is 2.76. The molecule has 1 aromatic rings. The van der Waals surface area contributed by atoms with Gasteiger partial charge in [-0.3, -0.25) is 0 Å². The molecule has 0 amide bonds. The molecule has 1 aliphatic heterocycles. The van der Waals surface area contributed by atoms with Gasteiger partial charge in [0.25, 0.3) is 0 Å². The Balaban J connectivity index is 2.23. The Labute approximate surface area is 103 Å². The number of hydrogen-bond acceptors (Lipinski definition) is 4.